The molecule has 0 unspecified atom stereocenters. The third-order valence-corrected chi connectivity index (χ3v) is 5.53. The summed E-state index contributed by atoms with van der Waals surface area (Å²) in [6.45, 7) is 1.97. The highest BCUT2D eigenvalue weighted by atomic mass is 16.1. The number of nitrogens with one attached hydrogen (secondary N) is 1. The van der Waals surface area contributed by atoms with Crippen LogP contribution in [0, 0.1) is 6.92 Å². The van der Waals surface area contributed by atoms with Crippen LogP contribution in [0.4, 0.5) is 11.5 Å². The van der Waals surface area contributed by atoms with Gasteiger partial charge in [0.25, 0.3) is 0 Å². The highest BCUT2D eigenvalue weighted by molar-refractivity contribution is 5.85. The van der Waals surface area contributed by atoms with Gasteiger partial charge in [0.2, 0.25) is 0 Å². The van der Waals surface area contributed by atoms with Crippen LogP contribution in [-0.4, -0.2) is 9.55 Å². The van der Waals surface area contributed by atoms with Crippen molar-refractivity contribution in [3.8, 4) is 5.69 Å². The number of anilines is 2. The van der Waals surface area contributed by atoms with Crippen LogP contribution in [0.5, 0.6) is 0 Å². The number of nitrogens with zero attached hydrogens (tertiary/aromatic N) is 2. The van der Waals surface area contributed by atoms with Crippen molar-refractivity contribution in [1.82, 2.24) is 9.55 Å². The standard InChI is InChI=1S/C29H23N3O/c1-21-23(18-17-22-11-5-2-6-12-22)19-26-27(33)20-28(31-24-13-7-3-8-14-24)32(29(26)30-21)25-15-9-4-10-16-25/h2-20,31H,1H3. The quantitative estimate of drug-likeness (QED) is 0.342. The molecule has 0 atom stereocenters. The smallest absolute Gasteiger partial charge is 0.193 e. The molecule has 4 nitrogen and oxygen atoms in total. The molecule has 1 N–H and O–H groups in total. The van der Waals surface area contributed by atoms with E-state index in [1.807, 2.05) is 121 Å². The summed E-state index contributed by atoms with van der Waals surface area (Å²) in [6.07, 6.45) is 4.05. The van der Waals surface area contributed by atoms with Crippen molar-refractivity contribution in [3.05, 3.63) is 130 Å². The van der Waals surface area contributed by atoms with Gasteiger partial charge in [-0.15, -0.1) is 0 Å². The number of hydrogen-bond acceptors (Lipinski definition) is 3. The molecule has 0 aliphatic heterocycles. The minimum absolute atomic E-state index is 0.0718. The number of aryl methyl sites for hydroxylation is 1. The zero-order valence-corrected chi connectivity index (χ0v) is 18.3. The van der Waals surface area contributed by atoms with Gasteiger partial charge in [-0.25, -0.2) is 4.98 Å². The molecule has 0 spiro atoms. The molecule has 5 aromatic rings. The van der Waals surface area contributed by atoms with Gasteiger partial charge in [-0.05, 0) is 48.4 Å². The van der Waals surface area contributed by atoms with E-state index < -0.39 is 0 Å². The molecule has 0 amide bonds. The highest BCUT2D eigenvalue weighted by Crippen LogP contribution is 2.26. The topological polar surface area (TPSA) is 46.9 Å². The van der Waals surface area contributed by atoms with E-state index in [0.29, 0.717) is 16.9 Å². The van der Waals surface area contributed by atoms with Crippen LogP contribution < -0.4 is 10.7 Å². The molecule has 0 saturated heterocycles. The Balaban J connectivity index is 1.69. The summed E-state index contributed by atoms with van der Waals surface area (Å²) in [7, 11) is 0. The molecule has 0 bridgehead atoms. The molecule has 0 fully saturated rings. The maximum atomic E-state index is 13.2. The fraction of sp³-hybridized carbons (Fsp3) is 0.0345. The zero-order chi connectivity index (χ0) is 22.6. The monoisotopic (exact) mass is 429 g/mol. The minimum atomic E-state index is -0.0718. The Morgan fingerprint density at radius 1 is 0.788 bits per heavy atom. The molecule has 33 heavy (non-hydrogen) atoms. The minimum Gasteiger partial charge on any atom is -0.341 e. The first-order valence-electron chi connectivity index (χ1n) is 10.9. The third-order valence-electron chi connectivity index (χ3n) is 5.53. The third kappa shape index (κ3) is 4.32. The lowest BCUT2D eigenvalue weighted by molar-refractivity contribution is 1.05. The lowest BCUT2D eigenvalue weighted by Crippen LogP contribution is -2.14. The van der Waals surface area contributed by atoms with Crippen molar-refractivity contribution in [2.45, 2.75) is 6.92 Å². The van der Waals surface area contributed by atoms with E-state index in [-0.39, 0.29) is 5.43 Å². The fourth-order valence-corrected chi connectivity index (χ4v) is 3.86. The molecular weight excluding hydrogens is 406 g/mol. The van der Waals surface area contributed by atoms with Crippen LogP contribution in [0.15, 0.2) is 108 Å². The summed E-state index contributed by atoms with van der Waals surface area (Å²) in [4.78, 5) is 18.1. The first kappa shape index (κ1) is 20.5. The summed E-state index contributed by atoms with van der Waals surface area (Å²) in [6, 6.07) is 33.5. The van der Waals surface area contributed by atoms with Gasteiger partial charge in [0, 0.05) is 23.1 Å². The van der Waals surface area contributed by atoms with Crippen LogP contribution >= 0.6 is 0 Å². The molecule has 2 aromatic heterocycles. The van der Waals surface area contributed by atoms with E-state index in [9.17, 15) is 4.79 Å². The number of rotatable bonds is 5. The molecule has 3 aromatic carbocycles. The van der Waals surface area contributed by atoms with Crippen molar-refractivity contribution in [2.24, 2.45) is 0 Å². The van der Waals surface area contributed by atoms with Crippen molar-refractivity contribution in [3.63, 3.8) is 0 Å². The second-order valence-corrected chi connectivity index (χ2v) is 7.83. The summed E-state index contributed by atoms with van der Waals surface area (Å²) in [5.41, 5.74) is 5.27. The Kier molecular flexibility index (Phi) is 5.56. The van der Waals surface area contributed by atoms with E-state index in [2.05, 4.69) is 5.32 Å². The number of benzene rings is 3. The van der Waals surface area contributed by atoms with Gasteiger partial charge in [0.15, 0.2) is 5.43 Å². The molecule has 0 aliphatic carbocycles. The molecule has 160 valence electrons. The van der Waals surface area contributed by atoms with E-state index in [0.717, 1.165) is 28.2 Å². The average molecular weight is 430 g/mol. The largest absolute Gasteiger partial charge is 0.341 e. The SMILES string of the molecule is Cc1nc2c(cc1C=Cc1ccccc1)c(=O)cc(Nc1ccccc1)n2-c1ccccc1. The first-order valence-corrected chi connectivity index (χ1v) is 10.9. The van der Waals surface area contributed by atoms with Crippen molar-refractivity contribution >= 4 is 34.7 Å². The Labute approximate surface area is 192 Å². The molecule has 2 heterocycles. The van der Waals surface area contributed by atoms with E-state index in [1.54, 1.807) is 6.07 Å². The highest BCUT2D eigenvalue weighted by Gasteiger charge is 2.14. The van der Waals surface area contributed by atoms with Crippen LogP contribution in [0.1, 0.15) is 16.8 Å². The normalized spacial score (nSPS) is 11.2. The van der Waals surface area contributed by atoms with Gasteiger partial charge in [-0.1, -0.05) is 78.9 Å². The maximum absolute atomic E-state index is 13.2. The second kappa shape index (κ2) is 8.97. The Morgan fingerprint density at radius 3 is 2.12 bits per heavy atom. The summed E-state index contributed by atoms with van der Waals surface area (Å²) < 4.78 is 2.00. The molecular formula is C29H23N3O. The van der Waals surface area contributed by atoms with E-state index >= 15 is 0 Å². The number of para-hydroxylation sites is 2. The van der Waals surface area contributed by atoms with Gasteiger partial charge >= 0.3 is 0 Å². The van der Waals surface area contributed by atoms with Crippen LogP contribution in [0.25, 0.3) is 28.9 Å². The average Bonchev–Trinajstić information content (AvgIpc) is 2.85. The molecule has 0 radical (unpaired) electrons. The fourth-order valence-electron chi connectivity index (χ4n) is 3.86. The van der Waals surface area contributed by atoms with Crippen molar-refractivity contribution in [1.29, 1.82) is 0 Å². The Bertz CT molecular complexity index is 1490. The van der Waals surface area contributed by atoms with E-state index in [1.165, 1.54) is 0 Å². The molecule has 0 aliphatic rings. The number of fused-ring (bicyclic) bond motifs is 1. The molecule has 5 rings (SSSR count). The zero-order valence-electron chi connectivity index (χ0n) is 18.3. The van der Waals surface area contributed by atoms with Gasteiger partial charge in [0.1, 0.15) is 11.5 Å². The molecule has 0 saturated carbocycles. The summed E-state index contributed by atoms with van der Waals surface area (Å²) in [5.74, 6) is 0.671. The van der Waals surface area contributed by atoms with Gasteiger partial charge in [0.05, 0.1) is 5.39 Å². The summed E-state index contributed by atoms with van der Waals surface area (Å²) in [5, 5.41) is 3.97. The van der Waals surface area contributed by atoms with Gasteiger partial charge in [-0.3, -0.25) is 9.36 Å². The Hall–Kier alpha value is -4.44. The maximum Gasteiger partial charge on any atom is 0.193 e. The van der Waals surface area contributed by atoms with Crippen molar-refractivity contribution < 1.29 is 0 Å². The number of pyridine rings is 2. The predicted octanol–water partition coefficient (Wildman–Crippen LogP) is 6.61. The second-order valence-electron chi connectivity index (χ2n) is 7.83. The predicted molar refractivity (Wildman–Crippen MR) is 137 cm³/mol. The van der Waals surface area contributed by atoms with Crippen LogP contribution in [-0.2, 0) is 0 Å². The lowest BCUT2D eigenvalue weighted by atomic mass is 10.1. The van der Waals surface area contributed by atoms with Crippen LogP contribution in [0.3, 0.4) is 0 Å². The lowest BCUT2D eigenvalue weighted by Gasteiger charge is -2.18. The first-order chi connectivity index (χ1) is 16.2. The van der Waals surface area contributed by atoms with E-state index in [4.69, 9.17) is 4.98 Å². The van der Waals surface area contributed by atoms with Gasteiger partial charge in [-0.2, -0.15) is 0 Å². The Morgan fingerprint density at radius 2 is 1.42 bits per heavy atom. The molecule has 4 heteroatoms. The number of hydrogen-bond donors (Lipinski definition) is 1. The van der Waals surface area contributed by atoms with Crippen molar-refractivity contribution in [2.75, 3.05) is 5.32 Å². The van der Waals surface area contributed by atoms with Crippen LogP contribution in [0.2, 0.25) is 0 Å². The van der Waals surface area contributed by atoms with Gasteiger partial charge < -0.3 is 5.32 Å². The number of aromatic nitrogens is 2. The summed E-state index contributed by atoms with van der Waals surface area (Å²) >= 11 is 0.